The lowest BCUT2D eigenvalue weighted by molar-refractivity contribution is -0.132. The molecule has 0 saturated carbocycles. The first kappa shape index (κ1) is 32.3. The van der Waals surface area contributed by atoms with Gasteiger partial charge in [-0.25, -0.2) is 13.8 Å². The van der Waals surface area contributed by atoms with E-state index in [0.29, 0.717) is 36.2 Å². The van der Waals surface area contributed by atoms with Crippen molar-refractivity contribution in [2.75, 3.05) is 26.2 Å². The molecule has 4 aromatic rings. The Morgan fingerprint density at radius 3 is 2.65 bits per heavy atom. The van der Waals surface area contributed by atoms with Gasteiger partial charge >= 0.3 is 0 Å². The summed E-state index contributed by atoms with van der Waals surface area (Å²) >= 11 is 0. The highest BCUT2D eigenvalue weighted by molar-refractivity contribution is 5.99. The van der Waals surface area contributed by atoms with Crippen molar-refractivity contribution in [2.24, 2.45) is 5.92 Å². The second-order valence-corrected chi connectivity index (χ2v) is 11.6. The summed E-state index contributed by atoms with van der Waals surface area (Å²) in [5, 5.41) is 19.4. The summed E-state index contributed by atoms with van der Waals surface area (Å²) < 4.78 is 22.7. The van der Waals surface area contributed by atoms with Crippen molar-refractivity contribution in [3.63, 3.8) is 0 Å². The van der Waals surface area contributed by atoms with Crippen molar-refractivity contribution in [1.82, 2.24) is 40.3 Å². The van der Waals surface area contributed by atoms with Gasteiger partial charge in [-0.05, 0) is 43.5 Å². The Labute approximate surface area is 264 Å². The number of ether oxygens (including phenoxy) is 1. The summed E-state index contributed by atoms with van der Waals surface area (Å²) in [7, 11) is 0. The number of nitrogens with one attached hydrogen (secondary N) is 2. The van der Waals surface area contributed by atoms with Crippen LogP contribution in [0.15, 0.2) is 53.5 Å². The zero-order valence-electron chi connectivity index (χ0n) is 26.0. The summed E-state index contributed by atoms with van der Waals surface area (Å²) in [6.07, 6.45) is 2.42. The number of hydrogen-bond acceptors (Lipinski definition) is 8. The maximum Gasteiger partial charge on any atom is 0.275 e. The fraction of sp³-hybridized carbons (Fsp3) is 0.406. The minimum absolute atomic E-state index is 0.0356. The van der Waals surface area contributed by atoms with Crippen LogP contribution >= 0.6 is 0 Å². The van der Waals surface area contributed by atoms with Gasteiger partial charge in [-0.1, -0.05) is 37.3 Å². The van der Waals surface area contributed by atoms with Crippen LogP contribution in [0, 0.1) is 18.7 Å². The second-order valence-electron chi connectivity index (χ2n) is 11.6. The lowest BCUT2D eigenvalue weighted by Crippen LogP contribution is -2.49. The molecule has 0 fully saturated rings. The molecule has 2 N–H and O–H groups in total. The summed E-state index contributed by atoms with van der Waals surface area (Å²) in [6, 6.07) is 9.84. The molecule has 2 aromatic heterocycles. The Balaban J connectivity index is 1.39. The first-order valence-electron chi connectivity index (χ1n) is 15.2. The molecule has 2 bridgehead atoms. The molecule has 0 radical (unpaired) electrons. The van der Waals surface area contributed by atoms with Crippen LogP contribution in [0.3, 0.4) is 0 Å². The van der Waals surface area contributed by atoms with Crippen LogP contribution in [0.2, 0.25) is 0 Å². The lowest BCUT2D eigenvalue weighted by Gasteiger charge is -2.25. The zero-order valence-corrected chi connectivity index (χ0v) is 26.0. The van der Waals surface area contributed by atoms with Gasteiger partial charge in [0.15, 0.2) is 0 Å². The van der Waals surface area contributed by atoms with Crippen LogP contribution in [-0.4, -0.2) is 79.7 Å². The van der Waals surface area contributed by atoms with Gasteiger partial charge in [0.05, 0.1) is 28.9 Å². The average molecular weight is 633 g/mol. The Morgan fingerprint density at radius 1 is 1.09 bits per heavy atom. The number of carbonyl (C=O) groups excluding carboxylic acids is 3. The molecular formula is C32H37FN8O5. The van der Waals surface area contributed by atoms with E-state index in [1.807, 2.05) is 26.0 Å². The van der Waals surface area contributed by atoms with Crippen molar-refractivity contribution in [2.45, 2.75) is 52.7 Å². The van der Waals surface area contributed by atoms with Crippen LogP contribution in [0.4, 0.5) is 4.39 Å². The Morgan fingerprint density at radius 2 is 1.87 bits per heavy atom. The summed E-state index contributed by atoms with van der Waals surface area (Å²) in [6.45, 7) is 6.19. The van der Waals surface area contributed by atoms with E-state index < -0.39 is 23.7 Å². The molecule has 242 valence electrons. The van der Waals surface area contributed by atoms with Crippen LogP contribution in [0.5, 0.6) is 5.75 Å². The number of nitrogens with zero attached hydrogens (tertiary/aromatic N) is 6. The molecule has 5 rings (SSSR count). The molecule has 0 saturated heterocycles. The van der Waals surface area contributed by atoms with Crippen molar-refractivity contribution >= 4 is 28.5 Å². The first-order valence-corrected chi connectivity index (χ1v) is 15.2. The van der Waals surface area contributed by atoms with E-state index in [-0.39, 0.29) is 61.5 Å². The fourth-order valence-corrected chi connectivity index (χ4v) is 5.34. The van der Waals surface area contributed by atoms with Crippen LogP contribution < -0.4 is 20.9 Å². The molecule has 46 heavy (non-hydrogen) atoms. The number of rotatable bonds is 4. The largest absolute Gasteiger partial charge is 0.491 e. The number of carbonyl (C=O) groups is 3. The molecule has 1 atom stereocenters. The van der Waals surface area contributed by atoms with Crippen LogP contribution in [-0.2, 0) is 29.1 Å². The minimum Gasteiger partial charge on any atom is -0.491 e. The smallest absolute Gasteiger partial charge is 0.275 e. The number of amides is 3. The number of fused-ring (bicyclic) bond motifs is 4. The van der Waals surface area contributed by atoms with Gasteiger partial charge in [-0.3, -0.25) is 19.2 Å². The van der Waals surface area contributed by atoms with Gasteiger partial charge in [-0.2, -0.15) is 5.10 Å². The predicted molar refractivity (Wildman–Crippen MR) is 167 cm³/mol. The number of benzene rings is 2. The number of halogens is 1. The van der Waals surface area contributed by atoms with Crippen molar-refractivity contribution in [3.8, 4) is 5.75 Å². The van der Waals surface area contributed by atoms with Gasteiger partial charge in [0.2, 0.25) is 11.8 Å². The highest BCUT2D eigenvalue weighted by Crippen LogP contribution is 2.21. The molecule has 0 unspecified atom stereocenters. The number of aromatic nitrogens is 5. The number of hydrogen-bond donors (Lipinski definition) is 2. The number of aryl methyl sites for hydroxylation is 1. The Hall–Kier alpha value is -5.14. The summed E-state index contributed by atoms with van der Waals surface area (Å²) in [5.41, 5.74) is 0.840. The minimum atomic E-state index is -0.917. The van der Waals surface area contributed by atoms with E-state index in [2.05, 4.69) is 26.0 Å². The third kappa shape index (κ3) is 7.73. The quantitative estimate of drug-likeness (QED) is 0.346. The molecule has 3 heterocycles. The van der Waals surface area contributed by atoms with E-state index in [1.165, 1.54) is 12.1 Å². The maximum absolute atomic E-state index is 14.2. The maximum atomic E-state index is 14.2. The molecule has 1 aliphatic rings. The van der Waals surface area contributed by atoms with Gasteiger partial charge in [0.25, 0.3) is 11.5 Å². The average Bonchev–Trinajstić information content (AvgIpc) is 3.48. The molecule has 0 aliphatic carbocycles. The van der Waals surface area contributed by atoms with Crippen molar-refractivity contribution < 1.29 is 23.5 Å². The summed E-state index contributed by atoms with van der Waals surface area (Å²) in [4.78, 5) is 54.9. The zero-order chi connectivity index (χ0) is 32.8. The standard InChI is InChI=1S/C32H37FN8O5/c1-20(2)16-27-31(44)34-11-13-39(29(42)19-41-32(45)25-7-5-4-6-24(25)21(3)37-41)12-10-23-18-40(38-36-23)14-15-46-28-9-8-22(33)17-26(28)30(43)35-27/h4-9,17-18,20,27H,10-16,19H2,1-3H3,(H,34,44)(H,35,43)/t27-/m1/s1. The highest BCUT2D eigenvalue weighted by atomic mass is 19.1. The molecular weight excluding hydrogens is 595 g/mol. The normalized spacial score (nSPS) is 16.6. The predicted octanol–water partition coefficient (Wildman–Crippen LogP) is 1.86. The summed E-state index contributed by atoms with van der Waals surface area (Å²) in [5.74, 6) is -1.85. The molecule has 3 amide bonds. The molecule has 0 spiro atoms. The molecule has 14 heteroatoms. The lowest BCUT2D eigenvalue weighted by atomic mass is 10.0. The van der Waals surface area contributed by atoms with E-state index in [0.717, 1.165) is 16.1 Å². The topological polar surface area (TPSA) is 153 Å². The van der Waals surface area contributed by atoms with Crippen LogP contribution in [0.1, 0.15) is 42.0 Å². The SMILES string of the molecule is Cc1nn(CC(=O)N2CCNC(=O)[C@@H](CC(C)C)NC(=O)c3cc(F)ccc3OCCn3cc(nn3)CC2)c(=O)c2ccccc12. The van der Waals surface area contributed by atoms with Gasteiger partial charge in [0, 0.05) is 37.6 Å². The monoisotopic (exact) mass is 632 g/mol. The van der Waals surface area contributed by atoms with Crippen LogP contribution in [0.25, 0.3) is 10.8 Å². The van der Waals surface area contributed by atoms with Gasteiger partial charge in [0.1, 0.15) is 30.8 Å². The fourth-order valence-electron chi connectivity index (χ4n) is 5.34. The molecule has 1 aliphatic heterocycles. The van der Waals surface area contributed by atoms with Crippen molar-refractivity contribution in [1.29, 1.82) is 0 Å². The third-order valence-corrected chi connectivity index (χ3v) is 7.69. The van der Waals surface area contributed by atoms with E-state index in [9.17, 15) is 23.6 Å². The van der Waals surface area contributed by atoms with Gasteiger partial charge < -0.3 is 20.3 Å². The van der Waals surface area contributed by atoms with E-state index in [1.54, 1.807) is 34.8 Å². The van der Waals surface area contributed by atoms with Crippen molar-refractivity contribution in [3.05, 3.63) is 81.8 Å². The van der Waals surface area contributed by atoms with E-state index >= 15 is 0 Å². The molecule has 2 aromatic carbocycles. The molecule has 13 nitrogen and oxygen atoms in total. The third-order valence-electron chi connectivity index (χ3n) is 7.69. The Kier molecular flexibility index (Phi) is 10.0. The van der Waals surface area contributed by atoms with E-state index in [4.69, 9.17) is 4.74 Å². The second kappa shape index (κ2) is 14.3. The highest BCUT2D eigenvalue weighted by Gasteiger charge is 2.25. The first-order chi connectivity index (χ1) is 22.1. The Bertz CT molecular complexity index is 1800. The van der Waals surface area contributed by atoms with Gasteiger partial charge in [-0.15, -0.1) is 5.10 Å².